The van der Waals surface area contributed by atoms with Crippen LogP contribution >= 0.6 is 0 Å². The van der Waals surface area contributed by atoms with Crippen molar-refractivity contribution in [3.63, 3.8) is 0 Å². The summed E-state index contributed by atoms with van der Waals surface area (Å²) in [5.41, 5.74) is -0.00608. The van der Waals surface area contributed by atoms with Crippen molar-refractivity contribution in [3.8, 4) is 17.4 Å². The van der Waals surface area contributed by atoms with Crippen molar-refractivity contribution in [2.75, 3.05) is 12.0 Å². The van der Waals surface area contributed by atoms with Gasteiger partial charge >= 0.3 is 6.03 Å². The number of nitrogens with one attached hydrogen (secondary N) is 1. The standard InChI is InChI=1S/C19H22N4O4/c1-11(2)19(4)17(24)23(18(25)22-19)15-9-16(21-10-20-15)27-13-7-6-12(3)14(8-13)26-5/h6-11H,1-5H3,(H,22,25)/t19-/m1/s1. The summed E-state index contributed by atoms with van der Waals surface area (Å²) in [5, 5.41) is 2.74. The van der Waals surface area contributed by atoms with Crippen LogP contribution in [-0.2, 0) is 4.79 Å². The van der Waals surface area contributed by atoms with E-state index in [1.807, 2.05) is 26.8 Å². The Hall–Kier alpha value is -3.16. The molecular weight excluding hydrogens is 348 g/mol. The fourth-order valence-electron chi connectivity index (χ4n) is 2.75. The quantitative estimate of drug-likeness (QED) is 0.813. The molecule has 1 atom stereocenters. The third-order valence-corrected chi connectivity index (χ3v) is 4.83. The fraction of sp³-hybridized carbons (Fsp3) is 0.368. The minimum Gasteiger partial charge on any atom is -0.496 e. The van der Waals surface area contributed by atoms with Crippen LogP contribution in [0.25, 0.3) is 0 Å². The first-order valence-electron chi connectivity index (χ1n) is 8.57. The SMILES string of the molecule is COc1cc(Oc2cc(N3C(=O)N[C@](C)(C(C)C)C3=O)ncn2)ccc1C. The maximum absolute atomic E-state index is 12.8. The van der Waals surface area contributed by atoms with Gasteiger partial charge in [0.2, 0.25) is 5.88 Å². The van der Waals surface area contributed by atoms with Crippen LogP contribution in [-0.4, -0.2) is 34.6 Å². The summed E-state index contributed by atoms with van der Waals surface area (Å²) < 4.78 is 11.0. The molecule has 8 nitrogen and oxygen atoms in total. The number of aryl methyl sites for hydroxylation is 1. The van der Waals surface area contributed by atoms with E-state index in [-0.39, 0.29) is 23.5 Å². The van der Waals surface area contributed by atoms with Gasteiger partial charge in [0.1, 0.15) is 23.4 Å². The summed E-state index contributed by atoms with van der Waals surface area (Å²) in [5.74, 6) is 1.14. The molecule has 142 valence electrons. The van der Waals surface area contributed by atoms with Gasteiger partial charge in [0.15, 0.2) is 5.82 Å². The van der Waals surface area contributed by atoms with Crippen LogP contribution in [0.1, 0.15) is 26.3 Å². The lowest BCUT2D eigenvalue weighted by molar-refractivity contribution is -0.122. The normalized spacial score (nSPS) is 19.4. The summed E-state index contributed by atoms with van der Waals surface area (Å²) in [4.78, 5) is 34.3. The summed E-state index contributed by atoms with van der Waals surface area (Å²) in [6.07, 6.45) is 1.25. The third-order valence-electron chi connectivity index (χ3n) is 4.83. The number of ether oxygens (including phenoxy) is 2. The van der Waals surface area contributed by atoms with Gasteiger partial charge < -0.3 is 14.8 Å². The first-order valence-corrected chi connectivity index (χ1v) is 8.57. The summed E-state index contributed by atoms with van der Waals surface area (Å²) in [7, 11) is 1.58. The highest BCUT2D eigenvalue weighted by Crippen LogP contribution is 2.31. The van der Waals surface area contributed by atoms with Crippen molar-refractivity contribution in [3.05, 3.63) is 36.2 Å². The zero-order valence-electron chi connectivity index (χ0n) is 15.9. The van der Waals surface area contributed by atoms with E-state index < -0.39 is 11.6 Å². The lowest BCUT2D eigenvalue weighted by Gasteiger charge is -2.25. The molecular formula is C19H22N4O4. The van der Waals surface area contributed by atoms with Crippen molar-refractivity contribution in [1.29, 1.82) is 0 Å². The van der Waals surface area contributed by atoms with Crippen LogP contribution in [0.2, 0.25) is 0 Å². The highest BCUT2D eigenvalue weighted by Gasteiger charge is 2.50. The molecule has 0 bridgehead atoms. The van der Waals surface area contributed by atoms with E-state index in [1.54, 1.807) is 26.2 Å². The summed E-state index contributed by atoms with van der Waals surface area (Å²) in [6.45, 7) is 7.38. The van der Waals surface area contributed by atoms with E-state index in [0.717, 1.165) is 10.5 Å². The van der Waals surface area contributed by atoms with Crippen LogP contribution in [0.3, 0.4) is 0 Å². The highest BCUT2D eigenvalue weighted by molar-refractivity contribution is 6.22. The molecule has 1 fully saturated rings. The van der Waals surface area contributed by atoms with Crippen LogP contribution < -0.4 is 19.7 Å². The molecule has 2 heterocycles. The predicted molar refractivity (Wildman–Crippen MR) is 99.1 cm³/mol. The van der Waals surface area contributed by atoms with E-state index in [1.165, 1.54) is 12.4 Å². The Kier molecular flexibility index (Phi) is 4.73. The van der Waals surface area contributed by atoms with E-state index in [4.69, 9.17) is 9.47 Å². The maximum Gasteiger partial charge on any atom is 0.330 e. The van der Waals surface area contributed by atoms with Crippen LogP contribution in [0.4, 0.5) is 10.6 Å². The minimum absolute atomic E-state index is 0.0727. The van der Waals surface area contributed by atoms with Crippen molar-refractivity contribution >= 4 is 17.8 Å². The maximum atomic E-state index is 12.8. The van der Waals surface area contributed by atoms with Crippen molar-refractivity contribution < 1.29 is 19.1 Å². The van der Waals surface area contributed by atoms with E-state index in [9.17, 15) is 9.59 Å². The molecule has 1 aliphatic rings. The van der Waals surface area contributed by atoms with Gasteiger partial charge in [-0.3, -0.25) is 4.79 Å². The minimum atomic E-state index is -0.979. The molecule has 0 radical (unpaired) electrons. The molecule has 0 unspecified atom stereocenters. The number of carbonyl (C=O) groups is 2. The van der Waals surface area contributed by atoms with Gasteiger partial charge in [-0.05, 0) is 31.4 Å². The largest absolute Gasteiger partial charge is 0.496 e. The van der Waals surface area contributed by atoms with E-state index in [2.05, 4.69) is 15.3 Å². The average molecular weight is 370 g/mol. The molecule has 1 aromatic carbocycles. The van der Waals surface area contributed by atoms with Crippen LogP contribution in [0.15, 0.2) is 30.6 Å². The number of benzene rings is 1. The van der Waals surface area contributed by atoms with Crippen molar-refractivity contribution in [1.82, 2.24) is 15.3 Å². The Morgan fingerprint density at radius 1 is 1.19 bits per heavy atom. The summed E-state index contributed by atoms with van der Waals surface area (Å²) >= 11 is 0. The number of imide groups is 1. The first kappa shape index (κ1) is 18.6. The lowest BCUT2D eigenvalue weighted by atomic mass is 9.88. The molecule has 27 heavy (non-hydrogen) atoms. The van der Waals surface area contributed by atoms with Gasteiger partial charge in [0.05, 0.1) is 7.11 Å². The number of nitrogens with zero attached hydrogens (tertiary/aromatic N) is 3. The van der Waals surface area contributed by atoms with Crippen LogP contribution in [0, 0.1) is 12.8 Å². The number of urea groups is 1. The number of carbonyl (C=O) groups excluding carboxylic acids is 2. The Morgan fingerprint density at radius 3 is 2.56 bits per heavy atom. The summed E-state index contributed by atoms with van der Waals surface area (Å²) in [6, 6.07) is 6.32. The smallest absolute Gasteiger partial charge is 0.330 e. The molecule has 8 heteroatoms. The van der Waals surface area contributed by atoms with Crippen molar-refractivity contribution in [2.45, 2.75) is 33.2 Å². The lowest BCUT2D eigenvalue weighted by Crippen LogP contribution is -2.48. The number of aromatic nitrogens is 2. The van der Waals surface area contributed by atoms with Gasteiger partial charge in [0, 0.05) is 12.1 Å². The third kappa shape index (κ3) is 3.30. The average Bonchev–Trinajstić information content (AvgIpc) is 2.87. The molecule has 3 rings (SSSR count). The molecule has 0 aliphatic carbocycles. The van der Waals surface area contributed by atoms with Gasteiger partial charge in [-0.1, -0.05) is 19.9 Å². The number of rotatable bonds is 5. The molecule has 1 N–H and O–H groups in total. The second kappa shape index (κ2) is 6.86. The molecule has 0 saturated carbocycles. The monoisotopic (exact) mass is 370 g/mol. The Balaban J connectivity index is 1.88. The zero-order valence-corrected chi connectivity index (χ0v) is 15.9. The fourth-order valence-corrected chi connectivity index (χ4v) is 2.75. The van der Waals surface area contributed by atoms with Crippen LogP contribution in [0.5, 0.6) is 17.4 Å². The second-order valence-corrected chi connectivity index (χ2v) is 6.88. The van der Waals surface area contributed by atoms with Gasteiger partial charge in [-0.25, -0.2) is 19.7 Å². The Morgan fingerprint density at radius 2 is 1.93 bits per heavy atom. The first-order chi connectivity index (χ1) is 12.8. The number of amides is 3. The van der Waals surface area contributed by atoms with E-state index >= 15 is 0 Å². The second-order valence-electron chi connectivity index (χ2n) is 6.88. The Labute approximate surface area is 157 Å². The van der Waals surface area contributed by atoms with Gasteiger partial charge in [-0.15, -0.1) is 0 Å². The number of anilines is 1. The number of methoxy groups -OCH3 is 1. The van der Waals surface area contributed by atoms with E-state index in [0.29, 0.717) is 11.5 Å². The molecule has 3 amide bonds. The highest BCUT2D eigenvalue weighted by atomic mass is 16.5. The Bertz CT molecular complexity index is 899. The van der Waals surface area contributed by atoms with Gasteiger partial charge in [-0.2, -0.15) is 0 Å². The van der Waals surface area contributed by atoms with Crippen molar-refractivity contribution in [2.24, 2.45) is 5.92 Å². The molecule has 1 saturated heterocycles. The molecule has 0 spiro atoms. The molecule has 1 aliphatic heterocycles. The number of hydrogen-bond donors (Lipinski definition) is 1. The molecule has 1 aromatic heterocycles. The number of hydrogen-bond acceptors (Lipinski definition) is 6. The van der Waals surface area contributed by atoms with Gasteiger partial charge in [0.25, 0.3) is 5.91 Å². The molecule has 2 aromatic rings. The zero-order chi connectivity index (χ0) is 19.8. The topological polar surface area (TPSA) is 93.7 Å². The predicted octanol–water partition coefficient (Wildman–Crippen LogP) is 3.06.